The van der Waals surface area contributed by atoms with Crippen molar-refractivity contribution in [1.29, 1.82) is 0 Å². The van der Waals surface area contributed by atoms with Crippen LogP contribution in [-0.4, -0.2) is 253 Å². The Balaban J connectivity index is 4.79. The SMILES string of the molecule is COCCNC(=O)C(CCCCNC(=O)COCCOCC(COCCO)(COCCO)COCCO)NC(=O)COCCOCC(COCCO)(COCCO)COCCO. The number of methoxy groups -OCH3 is 1. The second kappa shape index (κ2) is 42.7. The number of aliphatic hydroxyl groups is 6. The summed E-state index contributed by atoms with van der Waals surface area (Å²) in [4.78, 5) is 38.0. The number of amides is 3. The van der Waals surface area contributed by atoms with Crippen LogP contribution in [0.25, 0.3) is 0 Å². The van der Waals surface area contributed by atoms with Crippen molar-refractivity contribution < 1.29 is 97.1 Å². The molecule has 368 valence electrons. The summed E-state index contributed by atoms with van der Waals surface area (Å²) in [5, 5.41) is 62.9. The highest BCUT2D eigenvalue weighted by molar-refractivity contribution is 5.88. The van der Waals surface area contributed by atoms with Gasteiger partial charge in [0.15, 0.2) is 0 Å². The van der Waals surface area contributed by atoms with Crippen LogP contribution in [0.1, 0.15) is 19.3 Å². The minimum absolute atomic E-state index is 0.0441. The van der Waals surface area contributed by atoms with Gasteiger partial charge in [-0.1, -0.05) is 0 Å². The number of rotatable bonds is 48. The second-order valence-corrected chi connectivity index (χ2v) is 14.1. The summed E-state index contributed by atoms with van der Waals surface area (Å²) in [7, 11) is 1.50. The molecule has 0 fully saturated rings. The molecule has 0 heterocycles. The quantitative estimate of drug-likeness (QED) is 0.0261. The van der Waals surface area contributed by atoms with Crippen LogP contribution in [0.15, 0.2) is 0 Å². The van der Waals surface area contributed by atoms with Gasteiger partial charge in [0, 0.05) is 20.2 Å². The fourth-order valence-corrected chi connectivity index (χ4v) is 5.42. The molecule has 0 aromatic carbocycles. The van der Waals surface area contributed by atoms with Gasteiger partial charge in [0.1, 0.15) is 19.3 Å². The third-order valence-electron chi connectivity index (χ3n) is 8.39. The van der Waals surface area contributed by atoms with E-state index in [-0.39, 0.29) is 197 Å². The number of carbonyl (C=O) groups is 3. The number of carbonyl (C=O) groups excluding carboxylic acids is 3. The maximum atomic E-state index is 12.9. The maximum Gasteiger partial charge on any atom is 0.246 e. The van der Waals surface area contributed by atoms with E-state index in [1.807, 2.05) is 0 Å². The van der Waals surface area contributed by atoms with Crippen LogP contribution in [0.2, 0.25) is 0 Å². The van der Waals surface area contributed by atoms with E-state index in [1.165, 1.54) is 7.11 Å². The molecule has 0 spiro atoms. The fourth-order valence-electron chi connectivity index (χ4n) is 5.42. The Kier molecular flexibility index (Phi) is 41.1. The first-order valence-electron chi connectivity index (χ1n) is 21.0. The average Bonchev–Trinajstić information content (AvgIpc) is 3.26. The molecule has 0 radical (unpaired) electrons. The van der Waals surface area contributed by atoms with Crippen LogP contribution < -0.4 is 16.0 Å². The van der Waals surface area contributed by atoms with Crippen LogP contribution >= 0.6 is 0 Å². The van der Waals surface area contributed by atoms with Crippen LogP contribution in [0.4, 0.5) is 0 Å². The van der Waals surface area contributed by atoms with E-state index in [4.69, 9.17) is 82.7 Å². The molecule has 0 aromatic rings. The van der Waals surface area contributed by atoms with Gasteiger partial charge in [-0.05, 0) is 19.3 Å². The van der Waals surface area contributed by atoms with Gasteiger partial charge in [0.2, 0.25) is 17.7 Å². The highest BCUT2D eigenvalue weighted by Crippen LogP contribution is 2.22. The summed E-state index contributed by atoms with van der Waals surface area (Å²) in [6.07, 6.45) is 1.30. The summed E-state index contributed by atoms with van der Waals surface area (Å²) in [5.74, 6) is -1.26. The normalized spacial score (nSPS) is 12.4. The molecule has 62 heavy (non-hydrogen) atoms. The van der Waals surface area contributed by atoms with Crippen molar-refractivity contribution in [2.75, 3.05) is 199 Å². The average molecular weight is 908 g/mol. The summed E-state index contributed by atoms with van der Waals surface area (Å²) in [5.41, 5.74) is -1.59. The van der Waals surface area contributed by atoms with Crippen molar-refractivity contribution in [3.8, 4) is 0 Å². The third kappa shape index (κ3) is 33.3. The van der Waals surface area contributed by atoms with E-state index >= 15 is 0 Å². The molecule has 3 amide bonds. The number of nitrogens with one attached hydrogen (secondary N) is 3. The number of hydrogen-bond donors (Lipinski definition) is 9. The molecule has 1 atom stereocenters. The Morgan fingerprint density at radius 2 is 0.790 bits per heavy atom. The molecule has 23 heteroatoms. The van der Waals surface area contributed by atoms with Gasteiger partial charge in [-0.2, -0.15) is 0 Å². The molecule has 0 aliphatic rings. The Bertz CT molecular complexity index is 999. The molecule has 0 aliphatic carbocycles. The highest BCUT2D eigenvalue weighted by atomic mass is 16.6. The van der Waals surface area contributed by atoms with E-state index in [2.05, 4.69) is 16.0 Å². The first-order valence-corrected chi connectivity index (χ1v) is 21.0. The minimum Gasteiger partial charge on any atom is -0.394 e. The topological polar surface area (TPSA) is 310 Å². The predicted molar refractivity (Wildman–Crippen MR) is 219 cm³/mol. The zero-order valence-electron chi connectivity index (χ0n) is 36.6. The van der Waals surface area contributed by atoms with Crippen LogP contribution in [0.3, 0.4) is 0 Å². The molecule has 0 aromatic heterocycles. The molecule has 0 bridgehead atoms. The van der Waals surface area contributed by atoms with Crippen molar-refractivity contribution in [3.05, 3.63) is 0 Å². The van der Waals surface area contributed by atoms with Gasteiger partial charge in [-0.25, -0.2) is 0 Å². The zero-order chi connectivity index (χ0) is 45.8. The summed E-state index contributed by atoms with van der Waals surface area (Å²) < 4.78 is 60.7. The van der Waals surface area contributed by atoms with E-state index < -0.39 is 28.7 Å². The first-order chi connectivity index (χ1) is 30.2. The molecule has 9 N–H and O–H groups in total. The Hall–Kier alpha value is -2.27. The molecule has 1 unspecified atom stereocenters. The Morgan fingerprint density at radius 3 is 1.16 bits per heavy atom. The summed E-state index contributed by atoms with van der Waals surface area (Å²) in [6, 6.07) is -0.863. The van der Waals surface area contributed by atoms with Crippen LogP contribution in [0, 0.1) is 10.8 Å². The monoisotopic (exact) mass is 908 g/mol. The van der Waals surface area contributed by atoms with Gasteiger partial charge in [-0.3, -0.25) is 14.4 Å². The lowest BCUT2D eigenvalue weighted by Crippen LogP contribution is -2.48. The lowest BCUT2D eigenvalue weighted by molar-refractivity contribution is -0.133. The zero-order valence-corrected chi connectivity index (χ0v) is 36.6. The molecular formula is C39H77N3O20. The van der Waals surface area contributed by atoms with E-state index in [0.29, 0.717) is 19.4 Å². The first kappa shape index (κ1) is 59.7. The van der Waals surface area contributed by atoms with E-state index in [1.54, 1.807) is 0 Å². The number of aliphatic hydroxyl groups excluding tert-OH is 6. The van der Waals surface area contributed by atoms with Crippen LogP contribution in [0.5, 0.6) is 0 Å². The second-order valence-electron chi connectivity index (χ2n) is 14.1. The lowest BCUT2D eigenvalue weighted by atomic mass is 9.92. The summed E-state index contributed by atoms with van der Waals surface area (Å²) in [6.45, 7) is 1.09. The van der Waals surface area contributed by atoms with Gasteiger partial charge < -0.3 is 98.7 Å². The Morgan fingerprint density at radius 1 is 0.435 bits per heavy atom. The largest absolute Gasteiger partial charge is 0.394 e. The van der Waals surface area contributed by atoms with E-state index in [9.17, 15) is 14.4 Å². The standard InChI is InChI=1S/C39H77N3O20/c1-52-13-6-41-37(51)34(42-36(50)25-54-21-23-62-33-39(29-58-17-10-46,30-59-18-11-47)31-60-19-12-48)4-2-3-5-40-35(49)24-53-20-22-61-32-38(26-55-14-7-43,27-56-15-8-44)28-57-16-9-45/h34,43-48H,2-33H2,1H3,(H,40,49)(H,41,51)(H,42,50). The lowest BCUT2D eigenvalue weighted by Gasteiger charge is -2.32. The molecule has 0 saturated carbocycles. The number of ether oxygens (including phenoxy) is 11. The van der Waals surface area contributed by atoms with Crippen molar-refractivity contribution in [3.63, 3.8) is 0 Å². The van der Waals surface area contributed by atoms with Crippen molar-refractivity contribution in [2.45, 2.75) is 25.3 Å². The highest BCUT2D eigenvalue weighted by Gasteiger charge is 2.34. The van der Waals surface area contributed by atoms with Crippen LogP contribution in [-0.2, 0) is 66.5 Å². The molecule has 0 rings (SSSR count). The van der Waals surface area contributed by atoms with Crippen molar-refractivity contribution >= 4 is 17.7 Å². The molecule has 0 aliphatic heterocycles. The summed E-state index contributed by atoms with van der Waals surface area (Å²) >= 11 is 0. The van der Waals surface area contributed by atoms with E-state index in [0.717, 1.165) is 0 Å². The molecular weight excluding hydrogens is 830 g/mol. The van der Waals surface area contributed by atoms with Gasteiger partial charge >= 0.3 is 0 Å². The van der Waals surface area contributed by atoms with Gasteiger partial charge in [0.25, 0.3) is 0 Å². The van der Waals surface area contributed by atoms with Crippen molar-refractivity contribution in [1.82, 2.24) is 16.0 Å². The maximum absolute atomic E-state index is 12.9. The number of unbranched alkanes of at least 4 members (excludes halogenated alkanes) is 1. The molecule has 23 nitrogen and oxygen atoms in total. The van der Waals surface area contributed by atoms with Crippen molar-refractivity contribution in [2.24, 2.45) is 10.8 Å². The minimum atomic E-state index is -0.863. The van der Waals surface area contributed by atoms with Gasteiger partial charge in [0.05, 0.1) is 176 Å². The Labute approximate surface area is 365 Å². The fraction of sp³-hybridized carbons (Fsp3) is 0.923. The number of hydrogen-bond acceptors (Lipinski definition) is 20. The predicted octanol–water partition coefficient (Wildman–Crippen LogP) is -4.39. The third-order valence-corrected chi connectivity index (χ3v) is 8.39. The van der Waals surface area contributed by atoms with Gasteiger partial charge in [-0.15, -0.1) is 0 Å². The smallest absolute Gasteiger partial charge is 0.246 e. The molecule has 0 saturated heterocycles.